The van der Waals surface area contributed by atoms with Gasteiger partial charge in [0.2, 0.25) is 0 Å². The Hall–Kier alpha value is -1.77. The quantitative estimate of drug-likeness (QED) is 0.785. The zero-order valence-corrected chi connectivity index (χ0v) is 13.0. The van der Waals surface area contributed by atoms with Crippen molar-refractivity contribution in [1.29, 1.82) is 0 Å². The normalized spacial score (nSPS) is 14.6. The summed E-state index contributed by atoms with van der Waals surface area (Å²) in [5.74, 6) is 1.59. The predicted octanol–water partition coefficient (Wildman–Crippen LogP) is 4.07. The Morgan fingerprint density at radius 1 is 0.900 bits per heavy atom. The van der Waals surface area contributed by atoms with E-state index in [-0.39, 0.29) is 11.0 Å². The van der Waals surface area contributed by atoms with Crippen molar-refractivity contribution in [3.63, 3.8) is 0 Å². The van der Waals surface area contributed by atoms with Gasteiger partial charge in [0.1, 0.15) is 11.6 Å². The third-order valence-electron chi connectivity index (χ3n) is 3.27. The third-order valence-corrected chi connectivity index (χ3v) is 3.27. The zero-order valence-electron chi connectivity index (χ0n) is 16.0. The number of aryl methyl sites for hydroxylation is 4. The zero-order chi connectivity index (χ0) is 17.6. The minimum atomic E-state index is -2.22. The van der Waals surface area contributed by atoms with E-state index in [2.05, 4.69) is 35.7 Å². The van der Waals surface area contributed by atoms with Gasteiger partial charge in [-0.05, 0) is 55.8 Å². The molecular weight excluding hydrogens is 246 g/mol. The smallest absolute Gasteiger partial charge is 0.163 e. The van der Waals surface area contributed by atoms with E-state index in [9.17, 15) is 0 Å². The number of hydrogen-bond donors (Lipinski definition) is 0. The molecule has 0 saturated heterocycles. The van der Waals surface area contributed by atoms with E-state index in [1.807, 2.05) is 13.0 Å². The maximum atomic E-state index is 7.86. The van der Waals surface area contributed by atoms with Crippen LogP contribution in [0.3, 0.4) is 0 Å². The molecule has 0 aliphatic rings. The molecule has 0 aliphatic carbocycles. The third kappa shape index (κ3) is 2.87. The molecule has 0 bridgehead atoms. The van der Waals surface area contributed by atoms with Crippen molar-refractivity contribution in [2.75, 3.05) is 0 Å². The summed E-state index contributed by atoms with van der Waals surface area (Å²) in [7, 11) is 0. The second-order valence-corrected chi connectivity index (χ2v) is 6.22. The SMILES string of the molecule is [2H]C([2H])([2H])c1cc(C)c(C(C)(C)C)cc1-c1nc(C)nc(C)n1. The van der Waals surface area contributed by atoms with Crippen molar-refractivity contribution in [2.24, 2.45) is 0 Å². The first-order chi connectivity index (χ1) is 10.4. The highest BCUT2D eigenvalue weighted by Crippen LogP contribution is 2.31. The Morgan fingerprint density at radius 3 is 2.00 bits per heavy atom. The molecule has 106 valence electrons. The summed E-state index contributed by atoms with van der Waals surface area (Å²) in [4.78, 5) is 12.9. The average molecular weight is 272 g/mol. The van der Waals surface area contributed by atoms with Crippen LogP contribution in [0.25, 0.3) is 11.4 Å². The van der Waals surface area contributed by atoms with Crippen LogP contribution in [0.2, 0.25) is 0 Å². The van der Waals surface area contributed by atoms with Crippen molar-refractivity contribution < 1.29 is 4.11 Å². The van der Waals surface area contributed by atoms with Crippen LogP contribution in [0.4, 0.5) is 0 Å². The number of benzene rings is 1. The summed E-state index contributed by atoms with van der Waals surface area (Å²) in [5.41, 5.74) is 2.82. The van der Waals surface area contributed by atoms with Gasteiger partial charge in [0.05, 0.1) is 0 Å². The van der Waals surface area contributed by atoms with Gasteiger partial charge in [-0.3, -0.25) is 0 Å². The number of hydrogen-bond acceptors (Lipinski definition) is 3. The van der Waals surface area contributed by atoms with Gasteiger partial charge in [-0.25, -0.2) is 15.0 Å². The summed E-state index contributed by atoms with van der Waals surface area (Å²) in [6.07, 6.45) is 0. The molecule has 0 saturated carbocycles. The second kappa shape index (κ2) is 4.97. The first-order valence-electron chi connectivity index (χ1n) is 8.25. The molecule has 0 N–H and O–H groups in total. The molecule has 3 nitrogen and oxygen atoms in total. The van der Waals surface area contributed by atoms with E-state index < -0.39 is 6.85 Å². The maximum Gasteiger partial charge on any atom is 0.163 e. The van der Waals surface area contributed by atoms with Crippen LogP contribution in [-0.4, -0.2) is 15.0 Å². The molecular formula is C17H23N3. The van der Waals surface area contributed by atoms with Gasteiger partial charge in [0.25, 0.3) is 0 Å². The van der Waals surface area contributed by atoms with Crippen LogP contribution >= 0.6 is 0 Å². The first-order valence-corrected chi connectivity index (χ1v) is 6.75. The molecule has 0 atom stereocenters. The topological polar surface area (TPSA) is 38.7 Å². The molecule has 20 heavy (non-hydrogen) atoms. The highest BCUT2D eigenvalue weighted by molar-refractivity contribution is 5.63. The van der Waals surface area contributed by atoms with Crippen LogP contribution in [-0.2, 0) is 5.41 Å². The van der Waals surface area contributed by atoms with E-state index in [1.165, 1.54) is 0 Å². The van der Waals surface area contributed by atoms with E-state index in [0.717, 1.165) is 11.1 Å². The lowest BCUT2D eigenvalue weighted by molar-refractivity contribution is 0.586. The van der Waals surface area contributed by atoms with Gasteiger partial charge in [-0.1, -0.05) is 26.8 Å². The molecule has 0 radical (unpaired) electrons. The molecule has 0 aliphatic heterocycles. The molecule has 0 fully saturated rings. The highest BCUT2D eigenvalue weighted by atomic mass is 15.0. The summed E-state index contributed by atoms with van der Waals surface area (Å²) in [6, 6.07) is 3.67. The summed E-state index contributed by atoms with van der Waals surface area (Å²) >= 11 is 0. The molecule has 1 heterocycles. The van der Waals surface area contributed by atoms with Crippen LogP contribution in [0.1, 0.15) is 53.2 Å². The standard InChI is InChI=1S/C17H23N3/c1-10-8-11(2)15(17(5,6)7)9-14(10)16-19-12(3)18-13(4)20-16/h8-9H,1-7H3/i1D3. The minimum Gasteiger partial charge on any atom is -0.219 e. The van der Waals surface area contributed by atoms with Crippen LogP contribution in [0, 0.1) is 27.6 Å². The predicted molar refractivity (Wildman–Crippen MR) is 82.9 cm³/mol. The summed E-state index contributed by atoms with van der Waals surface area (Å²) < 4.78 is 23.6. The van der Waals surface area contributed by atoms with Crippen LogP contribution in [0.5, 0.6) is 0 Å². The highest BCUT2D eigenvalue weighted by Gasteiger charge is 2.19. The van der Waals surface area contributed by atoms with Crippen molar-refractivity contribution in [2.45, 2.75) is 53.8 Å². The van der Waals surface area contributed by atoms with Gasteiger partial charge in [-0.15, -0.1) is 0 Å². The Bertz CT molecular complexity index is 724. The van der Waals surface area contributed by atoms with E-state index in [0.29, 0.717) is 23.0 Å². The second-order valence-electron chi connectivity index (χ2n) is 6.22. The monoisotopic (exact) mass is 272 g/mol. The van der Waals surface area contributed by atoms with Gasteiger partial charge < -0.3 is 0 Å². The Labute approximate surface area is 125 Å². The van der Waals surface area contributed by atoms with Gasteiger partial charge >= 0.3 is 0 Å². The Balaban J connectivity index is 2.83. The molecule has 2 rings (SSSR count). The van der Waals surface area contributed by atoms with Gasteiger partial charge in [-0.2, -0.15) is 0 Å². The number of aromatic nitrogens is 3. The largest absolute Gasteiger partial charge is 0.219 e. The van der Waals surface area contributed by atoms with E-state index >= 15 is 0 Å². The summed E-state index contributed by atoms with van der Waals surface area (Å²) in [5, 5.41) is 0. The lowest BCUT2D eigenvalue weighted by atomic mass is 9.82. The van der Waals surface area contributed by atoms with Gasteiger partial charge in [0, 0.05) is 9.68 Å². The molecule has 0 unspecified atom stereocenters. The van der Waals surface area contributed by atoms with E-state index in [1.54, 1.807) is 19.9 Å². The average Bonchev–Trinajstić information content (AvgIpc) is 2.34. The fraction of sp³-hybridized carbons (Fsp3) is 0.471. The fourth-order valence-electron chi connectivity index (χ4n) is 2.44. The Morgan fingerprint density at radius 2 is 1.50 bits per heavy atom. The molecule has 0 amide bonds. The molecule has 2 aromatic rings. The fourth-order valence-corrected chi connectivity index (χ4v) is 2.44. The lowest BCUT2D eigenvalue weighted by Gasteiger charge is -2.23. The van der Waals surface area contributed by atoms with Crippen molar-refractivity contribution in [3.05, 3.63) is 40.5 Å². The van der Waals surface area contributed by atoms with Crippen molar-refractivity contribution >= 4 is 0 Å². The van der Waals surface area contributed by atoms with Crippen molar-refractivity contribution in [3.8, 4) is 11.4 Å². The molecule has 0 spiro atoms. The number of nitrogens with zero attached hydrogens (tertiary/aromatic N) is 3. The van der Waals surface area contributed by atoms with Crippen molar-refractivity contribution in [1.82, 2.24) is 15.0 Å². The maximum absolute atomic E-state index is 7.86. The van der Waals surface area contributed by atoms with E-state index in [4.69, 9.17) is 4.11 Å². The number of rotatable bonds is 1. The van der Waals surface area contributed by atoms with Crippen LogP contribution in [0.15, 0.2) is 12.1 Å². The summed E-state index contributed by atoms with van der Waals surface area (Å²) in [6.45, 7) is 9.63. The van der Waals surface area contributed by atoms with Gasteiger partial charge in [0.15, 0.2) is 5.82 Å². The minimum absolute atomic E-state index is 0.0940. The lowest BCUT2D eigenvalue weighted by Crippen LogP contribution is -2.14. The van der Waals surface area contributed by atoms with Crippen LogP contribution < -0.4 is 0 Å². The molecule has 1 aromatic heterocycles. The molecule has 1 aromatic carbocycles. The first kappa shape index (κ1) is 11.0. The molecule has 3 heteroatoms. The Kier molecular flexibility index (Phi) is 2.72.